The number of aryl methyl sites for hydroxylation is 1. The summed E-state index contributed by atoms with van der Waals surface area (Å²) in [4.78, 5) is 49.8. The van der Waals surface area contributed by atoms with Crippen LogP contribution in [-0.2, 0) is 28.5 Å². The lowest BCUT2D eigenvalue weighted by molar-refractivity contribution is -0.160. The minimum Gasteiger partial charge on any atom is -0.462 e. The Morgan fingerprint density at radius 1 is 0.970 bits per heavy atom. The molecule has 3 fully saturated rings. The largest absolute Gasteiger partial charge is 0.462 e. The first-order chi connectivity index (χ1) is 15.9. The molecule has 170 valence electrons. The van der Waals surface area contributed by atoms with Gasteiger partial charge in [0.1, 0.15) is 24.0 Å². The molecule has 0 radical (unpaired) electrons. The Morgan fingerprint density at radius 3 is 2.45 bits per heavy atom. The van der Waals surface area contributed by atoms with E-state index in [1.54, 1.807) is 55.5 Å². The van der Waals surface area contributed by atoms with Gasteiger partial charge in [-0.25, -0.2) is 9.59 Å². The SMILES string of the molecule is Cc1ccccc1C(=O)OC[C@@]12C[C@H](COC(=O)c3ccccc3)[C@@H](O1)[C@H]1C(=O)OC(=O)[C@H]12. The van der Waals surface area contributed by atoms with Gasteiger partial charge in [-0.3, -0.25) is 9.59 Å². The topological polar surface area (TPSA) is 105 Å². The number of carbonyl (C=O) groups excluding carboxylic acids is 4. The number of rotatable bonds is 6. The van der Waals surface area contributed by atoms with Crippen molar-refractivity contribution in [2.24, 2.45) is 17.8 Å². The molecular formula is C25H22O8. The molecule has 3 saturated heterocycles. The zero-order valence-electron chi connectivity index (χ0n) is 17.9. The number of cyclic esters (lactones) is 2. The number of ether oxygens (including phenoxy) is 4. The summed E-state index contributed by atoms with van der Waals surface area (Å²) >= 11 is 0. The molecule has 2 aromatic carbocycles. The van der Waals surface area contributed by atoms with Gasteiger partial charge in [0, 0.05) is 5.92 Å². The predicted molar refractivity (Wildman–Crippen MR) is 112 cm³/mol. The smallest absolute Gasteiger partial charge is 0.338 e. The van der Waals surface area contributed by atoms with Gasteiger partial charge < -0.3 is 18.9 Å². The van der Waals surface area contributed by atoms with E-state index in [-0.39, 0.29) is 19.1 Å². The molecule has 0 saturated carbocycles. The lowest BCUT2D eigenvalue weighted by Gasteiger charge is -2.31. The molecule has 33 heavy (non-hydrogen) atoms. The Labute approximate surface area is 189 Å². The number of esters is 4. The molecule has 3 aliphatic rings. The zero-order chi connectivity index (χ0) is 23.2. The first-order valence-corrected chi connectivity index (χ1v) is 10.8. The van der Waals surface area contributed by atoms with Gasteiger partial charge in [0.2, 0.25) is 0 Å². The molecule has 0 aliphatic carbocycles. The van der Waals surface area contributed by atoms with Gasteiger partial charge in [0.15, 0.2) is 0 Å². The van der Waals surface area contributed by atoms with E-state index in [9.17, 15) is 19.2 Å². The van der Waals surface area contributed by atoms with Gasteiger partial charge in [-0.2, -0.15) is 0 Å². The molecule has 5 atom stereocenters. The number of carbonyl (C=O) groups is 4. The third-order valence-corrected chi connectivity index (χ3v) is 6.70. The summed E-state index contributed by atoms with van der Waals surface area (Å²) in [5.74, 6) is -4.33. The molecule has 3 aliphatic heterocycles. The zero-order valence-corrected chi connectivity index (χ0v) is 17.9. The average Bonchev–Trinajstić information content (AvgIpc) is 3.45. The fraction of sp³-hybridized carbons (Fsp3) is 0.360. The molecule has 8 heteroatoms. The van der Waals surface area contributed by atoms with Gasteiger partial charge in [0.25, 0.3) is 0 Å². The van der Waals surface area contributed by atoms with E-state index in [0.29, 0.717) is 17.5 Å². The van der Waals surface area contributed by atoms with Crippen LogP contribution in [0.15, 0.2) is 54.6 Å². The summed E-state index contributed by atoms with van der Waals surface area (Å²) < 4.78 is 22.1. The molecule has 0 amide bonds. The van der Waals surface area contributed by atoms with Gasteiger partial charge in [-0.05, 0) is 37.1 Å². The Bertz CT molecular complexity index is 1130. The molecule has 0 spiro atoms. The van der Waals surface area contributed by atoms with Crippen LogP contribution in [0.25, 0.3) is 0 Å². The highest BCUT2D eigenvalue weighted by atomic mass is 16.6. The van der Waals surface area contributed by atoms with E-state index in [2.05, 4.69) is 0 Å². The minimum absolute atomic E-state index is 0.0105. The summed E-state index contributed by atoms with van der Waals surface area (Å²) in [5.41, 5.74) is 0.393. The van der Waals surface area contributed by atoms with Gasteiger partial charge in [-0.1, -0.05) is 36.4 Å². The van der Waals surface area contributed by atoms with E-state index < -0.39 is 47.4 Å². The first kappa shape index (κ1) is 21.3. The van der Waals surface area contributed by atoms with E-state index >= 15 is 0 Å². The summed E-state index contributed by atoms with van der Waals surface area (Å²) in [6, 6.07) is 15.6. The molecule has 5 rings (SSSR count). The van der Waals surface area contributed by atoms with Crippen LogP contribution in [0.1, 0.15) is 32.7 Å². The van der Waals surface area contributed by atoms with Crippen molar-refractivity contribution in [2.45, 2.75) is 25.0 Å². The highest BCUT2D eigenvalue weighted by Crippen LogP contribution is 2.57. The summed E-state index contributed by atoms with van der Waals surface area (Å²) in [5, 5.41) is 0. The monoisotopic (exact) mass is 450 g/mol. The fourth-order valence-corrected chi connectivity index (χ4v) is 5.17. The van der Waals surface area contributed by atoms with Crippen molar-refractivity contribution < 1.29 is 38.1 Å². The standard InChI is InChI=1S/C25H22O8/c1-14-7-5-6-10-17(14)22(27)31-13-25-11-16(12-30-21(26)15-8-3-2-4-9-15)20(33-25)18-19(25)24(29)32-23(18)28/h2-10,16,18-20H,11-13H2,1H3/t16-,18+,19+,20-,25-/m1/s1. The average molecular weight is 450 g/mol. The fourth-order valence-electron chi connectivity index (χ4n) is 5.17. The number of hydrogen-bond donors (Lipinski definition) is 0. The van der Waals surface area contributed by atoms with Crippen LogP contribution in [0.3, 0.4) is 0 Å². The van der Waals surface area contributed by atoms with Crippen LogP contribution >= 0.6 is 0 Å². The highest BCUT2D eigenvalue weighted by molar-refractivity contribution is 5.98. The Kier molecular flexibility index (Phi) is 5.25. The second-order valence-electron chi connectivity index (χ2n) is 8.71. The van der Waals surface area contributed by atoms with Crippen molar-refractivity contribution in [1.82, 2.24) is 0 Å². The predicted octanol–water partition coefficient (Wildman–Crippen LogP) is 2.48. The maximum Gasteiger partial charge on any atom is 0.338 e. The number of benzene rings is 2. The minimum atomic E-state index is -1.19. The Morgan fingerprint density at radius 2 is 1.70 bits per heavy atom. The molecule has 0 unspecified atom stereocenters. The van der Waals surface area contributed by atoms with Gasteiger partial charge in [-0.15, -0.1) is 0 Å². The van der Waals surface area contributed by atoms with Crippen LogP contribution in [-0.4, -0.2) is 48.8 Å². The van der Waals surface area contributed by atoms with Crippen LogP contribution in [0.5, 0.6) is 0 Å². The van der Waals surface area contributed by atoms with Crippen LogP contribution in [0, 0.1) is 24.7 Å². The second-order valence-corrected chi connectivity index (χ2v) is 8.71. The van der Waals surface area contributed by atoms with Crippen molar-refractivity contribution >= 4 is 23.9 Å². The van der Waals surface area contributed by atoms with Crippen molar-refractivity contribution in [3.8, 4) is 0 Å². The van der Waals surface area contributed by atoms with Crippen LogP contribution in [0.2, 0.25) is 0 Å². The maximum atomic E-state index is 12.7. The van der Waals surface area contributed by atoms with E-state index in [1.807, 2.05) is 6.07 Å². The van der Waals surface area contributed by atoms with Crippen molar-refractivity contribution in [3.63, 3.8) is 0 Å². The van der Waals surface area contributed by atoms with Crippen molar-refractivity contribution in [3.05, 3.63) is 71.3 Å². The summed E-state index contributed by atoms with van der Waals surface area (Å²) in [6.07, 6.45) is -0.362. The molecule has 0 aromatic heterocycles. The molecule has 8 nitrogen and oxygen atoms in total. The summed E-state index contributed by atoms with van der Waals surface area (Å²) in [7, 11) is 0. The van der Waals surface area contributed by atoms with Gasteiger partial charge in [0.05, 0.1) is 23.8 Å². The third kappa shape index (κ3) is 3.60. The Balaban J connectivity index is 1.32. The number of fused-ring (bicyclic) bond motifs is 5. The molecule has 2 bridgehead atoms. The summed E-state index contributed by atoms with van der Waals surface area (Å²) in [6.45, 7) is 1.60. The molecule has 3 heterocycles. The quantitative estimate of drug-likeness (QED) is 0.376. The highest BCUT2D eigenvalue weighted by Gasteiger charge is 2.72. The molecule has 0 N–H and O–H groups in total. The molecular weight excluding hydrogens is 428 g/mol. The lowest BCUT2D eigenvalue weighted by Crippen LogP contribution is -2.47. The van der Waals surface area contributed by atoms with Crippen molar-refractivity contribution in [1.29, 1.82) is 0 Å². The van der Waals surface area contributed by atoms with Crippen molar-refractivity contribution in [2.75, 3.05) is 13.2 Å². The molecule has 2 aromatic rings. The second kappa shape index (κ2) is 8.12. The van der Waals surface area contributed by atoms with E-state index in [1.165, 1.54) is 0 Å². The van der Waals surface area contributed by atoms with E-state index in [4.69, 9.17) is 18.9 Å². The van der Waals surface area contributed by atoms with E-state index in [0.717, 1.165) is 5.56 Å². The lowest BCUT2D eigenvalue weighted by atomic mass is 9.69. The van der Waals surface area contributed by atoms with Crippen LogP contribution in [0.4, 0.5) is 0 Å². The first-order valence-electron chi connectivity index (χ1n) is 10.8. The maximum absolute atomic E-state index is 12.7. The normalized spacial score (nSPS) is 29.5. The third-order valence-electron chi connectivity index (χ3n) is 6.70. The Hall–Kier alpha value is -3.52. The van der Waals surface area contributed by atoms with Gasteiger partial charge >= 0.3 is 23.9 Å². The van der Waals surface area contributed by atoms with Crippen LogP contribution < -0.4 is 0 Å². The number of hydrogen-bond acceptors (Lipinski definition) is 8.